The van der Waals surface area contributed by atoms with Crippen molar-refractivity contribution in [1.29, 1.82) is 0 Å². The van der Waals surface area contributed by atoms with Crippen LogP contribution < -0.4 is 0 Å². The van der Waals surface area contributed by atoms with Gasteiger partial charge in [-0.3, -0.25) is 4.79 Å². The first-order valence-corrected chi connectivity index (χ1v) is 7.53. The second-order valence-corrected chi connectivity index (χ2v) is 5.77. The highest BCUT2D eigenvalue weighted by atomic mass is 16.1. The lowest BCUT2D eigenvalue weighted by Gasteiger charge is -2.30. The largest absolute Gasteiger partial charge is 0.303 e. The SMILES string of the molecule is CCc1ccc(C(=O)CCN2CCCC(C)C2)cc1. The van der Waals surface area contributed by atoms with E-state index < -0.39 is 0 Å². The lowest BCUT2D eigenvalue weighted by atomic mass is 9.99. The van der Waals surface area contributed by atoms with Crippen LogP contribution in [0.1, 0.15) is 49.0 Å². The van der Waals surface area contributed by atoms with Crippen LogP contribution in [0.25, 0.3) is 0 Å². The van der Waals surface area contributed by atoms with Gasteiger partial charge in [0.15, 0.2) is 5.78 Å². The van der Waals surface area contributed by atoms with E-state index in [-0.39, 0.29) is 5.78 Å². The fourth-order valence-electron chi connectivity index (χ4n) is 2.82. The molecule has 2 rings (SSSR count). The summed E-state index contributed by atoms with van der Waals surface area (Å²) < 4.78 is 0. The Morgan fingerprint density at radius 1 is 1.32 bits per heavy atom. The Morgan fingerprint density at radius 3 is 2.68 bits per heavy atom. The normalized spacial score (nSPS) is 20.4. The summed E-state index contributed by atoms with van der Waals surface area (Å²) in [6.45, 7) is 7.67. The summed E-state index contributed by atoms with van der Waals surface area (Å²) in [5.74, 6) is 1.06. The minimum atomic E-state index is 0.279. The number of carbonyl (C=O) groups is 1. The van der Waals surface area contributed by atoms with Gasteiger partial charge in [-0.15, -0.1) is 0 Å². The third kappa shape index (κ3) is 4.17. The summed E-state index contributed by atoms with van der Waals surface area (Å²) >= 11 is 0. The molecule has 1 aliphatic rings. The number of benzene rings is 1. The van der Waals surface area contributed by atoms with E-state index in [1.54, 1.807) is 0 Å². The van der Waals surface area contributed by atoms with E-state index in [0.29, 0.717) is 6.42 Å². The zero-order valence-electron chi connectivity index (χ0n) is 12.2. The summed E-state index contributed by atoms with van der Waals surface area (Å²) in [5, 5.41) is 0. The maximum Gasteiger partial charge on any atom is 0.164 e. The molecule has 2 heteroatoms. The van der Waals surface area contributed by atoms with Gasteiger partial charge in [0.05, 0.1) is 0 Å². The Kier molecular flexibility index (Phi) is 5.15. The number of likely N-dealkylation sites (tertiary alicyclic amines) is 1. The van der Waals surface area contributed by atoms with Crippen LogP contribution in [0.4, 0.5) is 0 Å². The molecule has 1 aromatic rings. The van der Waals surface area contributed by atoms with Gasteiger partial charge in [0, 0.05) is 25.1 Å². The van der Waals surface area contributed by atoms with E-state index in [4.69, 9.17) is 0 Å². The number of ketones is 1. The van der Waals surface area contributed by atoms with E-state index in [0.717, 1.165) is 37.5 Å². The van der Waals surface area contributed by atoms with Gasteiger partial charge >= 0.3 is 0 Å². The molecule has 1 atom stereocenters. The fraction of sp³-hybridized carbons (Fsp3) is 0.588. The van der Waals surface area contributed by atoms with E-state index >= 15 is 0 Å². The van der Waals surface area contributed by atoms with Crippen molar-refractivity contribution in [1.82, 2.24) is 4.90 Å². The van der Waals surface area contributed by atoms with Gasteiger partial charge in [-0.2, -0.15) is 0 Å². The smallest absolute Gasteiger partial charge is 0.164 e. The van der Waals surface area contributed by atoms with Crippen LogP contribution in [0.3, 0.4) is 0 Å². The lowest BCUT2D eigenvalue weighted by molar-refractivity contribution is 0.0949. The molecule has 1 unspecified atom stereocenters. The van der Waals surface area contributed by atoms with Crippen LogP contribution in [0, 0.1) is 5.92 Å². The van der Waals surface area contributed by atoms with Crippen molar-refractivity contribution in [3.05, 3.63) is 35.4 Å². The molecule has 1 aromatic carbocycles. The maximum absolute atomic E-state index is 12.1. The van der Waals surface area contributed by atoms with Crippen molar-refractivity contribution in [2.75, 3.05) is 19.6 Å². The molecule has 0 radical (unpaired) electrons. The predicted octanol–water partition coefficient (Wildman–Crippen LogP) is 3.55. The molecule has 19 heavy (non-hydrogen) atoms. The van der Waals surface area contributed by atoms with E-state index in [2.05, 4.69) is 30.9 Å². The third-order valence-corrected chi connectivity index (χ3v) is 4.08. The molecular weight excluding hydrogens is 234 g/mol. The van der Waals surface area contributed by atoms with Crippen LogP contribution in [-0.2, 0) is 6.42 Å². The highest BCUT2D eigenvalue weighted by Gasteiger charge is 2.17. The predicted molar refractivity (Wildman–Crippen MR) is 79.6 cm³/mol. The molecule has 0 aliphatic carbocycles. The molecule has 0 aromatic heterocycles. The molecule has 1 aliphatic heterocycles. The number of aryl methyl sites for hydroxylation is 1. The number of hydrogen-bond acceptors (Lipinski definition) is 2. The number of piperidine rings is 1. The van der Waals surface area contributed by atoms with Gasteiger partial charge in [-0.25, -0.2) is 0 Å². The van der Waals surface area contributed by atoms with Gasteiger partial charge in [-0.1, -0.05) is 38.1 Å². The van der Waals surface area contributed by atoms with E-state index in [1.165, 1.54) is 18.4 Å². The van der Waals surface area contributed by atoms with Crippen LogP contribution in [-0.4, -0.2) is 30.3 Å². The Balaban J connectivity index is 1.83. The highest BCUT2D eigenvalue weighted by Crippen LogP contribution is 2.16. The van der Waals surface area contributed by atoms with E-state index in [1.807, 2.05) is 12.1 Å². The van der Waals surface area contributed by atoms with Crippen LogP contribution >= 0.6 is 0 Å². The molecule has 0 saturated carbocycles. The van der Waals surface area contributed by atoms with Crippen LogP contribution in [0.15, 0.2) is 24.3 Å². The first-order valence-electron chi connectivity index (χ1n) is 7.53. The summed E-state index contributed by atoms with van der Waals surface area (Å²) in [6.07, 6.45) is 4.29. The minimum Gasteiger partial charge on any atom is -0.303 e. The van der Waals surface area contributed by atoms with Crippen LogP contribution in [0.5, 0.6) is 0 Å². The summed E-state index contributed by atoms with van der Waals surface area (Å²) in [5.41, 5.74) is 2.16. The van der Waals surface area contributed by atoms with Crippen LogP contribution in [0.2, 0.25) is 0 Å². The second-order valence-electron chi connectivity index (χ2n) is 5.77. The molecule has 1 saturated heterocycles. The highest BCUT2D eigenvalue weighted by molar-refractivity contribution is 5.96. The Bertz CT molecular complexity index is 410. The van der Waals surface area contributed by atoms with Crippen molar-refractivity contribution in [3.8, 4) is 0 Å². The van der Waals surface area contributed by atoms with Crippen molar-refractivity contribution in [2.24, 2.45) is 5.92 Å². The van der Waals surface area contributed by atoms with Crippen molar-refractivity contribution < 1.29 is 4.79 Å². The molecule has 1 heterocycles. The molecular formula is C17H25NO. The number of rotatable bonds is 5. The first-order chi connectivity index (χ1) is 9.19. The quantitative estimate of drug-likeness (QED) is 0.754. The van der Waals surface area contributed by atoms with Crippen molar-refractivity contribution >= 4 is 5.78 Å². The summed E-state index contributed by atoms with van der Waals surface area (Å²) in [6, 6.07) is 8.08. The van der Waals surface area contributed by atoms with Gasteiger partial charge in [-0.05, 0) is 37.3 Å². The molecule has 0 N–H and O–H groups in total. The summed E-state index contributed by atoms with van der Waals surface area (Å²) in [7, 11) is 0. The number of nitrogens with zero attached hydrogens (tertiary/aromatic N) is 1. The topological polar surface area (TPSA) is 20.3 Å². The fourth-order valence-corrected chi connectivity index (χ4v) is 2.82. The minimum absolute atomic E-state index is 0.279. The first kappa shape index (κ1) is 14.3. The Morgan fingerprint density at radius 2 is 2.05 bits per heavy atom. The van der Waals surface area contributed by atoms with Crippen molar-refractivity contribution in [3.63, 3.8) is 0 Å². The van der Waals surface area contributed by atoms with Gasteiger partial charge in [0.1, 0.15) is 0 Å². The average molecular weight is 259 g/mol. The standard InChI is InChI=1S/C17H25NO/c1-3-15-6-8-16(9-7-15)17(19)10-12-18-11-4-5-14(2)13-18/h6-9,14H,3-5,10-13H2,1-2H3. The maximum atomic E-state index is 12.1. The molecule has 2 nitrogen and oxygen atoms in total. The van der Waals surface area contributed by atoms with Crippen molar-refractivity contribution in [2.45, 2.75) is 39.5 Å². The van der Waals surface area contributed by atoms with Gasteiger partial charge in [0.25, 0.3) is 0 Å². The Hall–Kier alpha value is -1.15. The zero-order chi connectivity index (χ0) is 13.7. The second kappa shape index (κ2) is 6.85. The van der Waals surface area contributed by atoms with Gasteiger partial charge < -0.3 is 4.90 Å². The molecule has 104 valence electrons. The van der Waals surface area contributed by atoms with Gasteiger partial charge in [0.2, 0.25) is 0 Å². The Labute approximate surface area is 116 Å². The monoisotopic (exact) mass is 259 g/mol. The molecule has 0 bridgehead atoms. The number of hydrogen-bond donors (Lipinski definition) is 0. The molecule has 0 spiro atoms. The number of Topliss-reactive ketones (excluding diaryl/α,β-unsaturated/α-hetero) is 1. The number of carbonyl (C=O) groups excluding carboxylic acids is 1. The summed E-state index contributed by atoms with van der Waals surface area (Å²) in [4.78, 5) is 14.6. The lowest BCUT2D eigenvalue weighted by Crippen LogP contribution is -2.35. The zero-order valence-corrected chi connectivity index (χ0v) is 12.2. The molecule has 1 fully saturated rings. The average Bonchev–Trinajstić information content (AvgIpc) is 2.45. The molecule has 0 amide bonds. The third-order valence-electron chi connectivity index (χ3n) is 4.08. The van der Waals surface area contributed by atoms with E-state index in [9.17, 15) is 4.79 Å².